The summed E-state index contributed by atoms with van der Waals surface area (Å²) < 4.78 is 0. The third-order valence-electron chi connectivity index (χ3n) is 4.27. The zero-order chi connectivity index (χ0) is 15.5. The normalized spacial score (nSPS) is 13.2. The van der Waals surface area contributed by atoms with Gasteiger partial charge >= 0.3 is 0 Å². The summed E-state index contributed by atoms with van der Waals surface area (Å²) in [5.74, 6) is 0.0644. The van der Waals surface area contributed by atoms with Crippen LogP contribution in [0.25, 0.3) is 0 Å². The summed E-state index contributed by atoms with van der Waals surface area (Å²) in [7, 11) is 0. The second-order valence-corrected chi connectivity index (χ2v) is 5.85. The fourth-order valence-corrected chi connectivity index (χ4v) is 3.12. The second-order valence-electron chi connectivity index (χ2n) is 5.85. The molecule has 1 amide bonds. The molecule has 0 saturated heterocycles. The fraction of sp³-hybridized carbons (Fsp3) is 0.316. The molecule has 2 aromatic carbocycles. The molecule has 0 fully saturated rings. The number of rotatable bonds is 3. The minimum Gasteiger partial charge on any atom is -0.398 e. The fourth-order valence-electron chi connectivity index (χ4n) is 3.12. The van der Waals surface area contributed by atoms with Gasteiger partial charge in [-0.3, -0.25) is 4.79 Å². The van der Waals surface area contributed by atoms with Crippen molar-refractivity contribution in [1.29, 1.82) is 0 Å². The van der Waals surface area contributed by atoms with E-state index in [-0.39, 0.29) is 18.3 Å². The number of nitrogen functional groups attached to an aromatic ring is 1. The second kappa shape index (κ2) is 7.51. The number of benzene rings is 2. The molecule has 0 saturated carbocycles. The van der Waals surface area contributed by atoms with E-state index >= 15 is 0 Å². The van der Waals surface area contributed by atoms with Gasteiger partial charge in [-0.1, -0.05) is 31.5 Å². The van der Waals surface area contributed by atoms with E-state index in [4.69, 9.17) is 5.73 Å². The lowest BCUT2D eigenvalue weighted by Gasteiger charge is -2.30. The van der Waals surface area contributed by atoms with Crippen LogP contribution in [0.4, 0.5) is 11.4 Å². The smallest absolute Gasteiger partial charge is 0.258 e. The molecule has 3 rings (SSSR count). The van der Waals surface area contributed by atoms with E-state index in [0.717, 1.165) is 54.7 Å². The third kappa shape index (κ3) is 3.50. The van der Waals surface area contributed by atoms with Gasteiger partial charge in [-0.2, -0.15) is 0 Å². The lowest BCUT2D eigenvalue weighted by atomic mass is 9.98. The van der Waals surface area contributed by atoms with Crippen molar-refractivity contribution < 1.29 is 4.79 Å². The monoisotopic (exact) mass is 330 g/mol. The maximum absolute atomic E-state index is 12.8. The van der Waals surface area contributed by atoms with Crippen LogP contribution in [0.2, 0.25) is 0 Å². The predicted molar refractivity (Wildman–Crippen MR) is 98.5 cm³/mol. The van der Waals surface area contributed by atoms with Crippen LogP contribution in [0, 0.1) is 0 Å². The number of amides is 1. The lowest BCUT2D eigenvalue weighted by Crippen LogP contribution is -2.35. The Balaban J connectivity index is 0.00000192. The molecule has 4 heteroatoms. The van der Waals surface area contributed by atoms with Crippen molar-refractivity contribution in [2.24, 2.45) is 0 Å². The van der Waals surface area contributed by atoms with Gasteiger partial charge in [0.1, 0.15) is 0 Å². The predicted octanol–water partition coefficient (Wildman–Crippen LogP) is 4.24. The van der Waals surface area contributed by atoms with Gasteiger partial charge in [-0.25, -0.2) is 0 Å². The van der Waals surface area contributed by atoms with E-state index in [1.54, 1.807) is 0 Å². The molecule has 0 radical (unpaired) electrons. The molecule has 2 aromatic rings. The molecule has 0 aliphatic carbocycles. The number of fused-ring (bicyclic) bond motifs is 1. The number of hydrogen-bond donors (Lipinski definition) is 1. The number of carbonyl (C=O) groups is 1. The van der Waals surface area contributed by atoms with Crippen molar-refractivity contribution in [1.82, 2.24) is 0 Å². The van der Waals surface area contributed by atoms with Gasteiger partial charge in [0.2, 0.25) is 0 Å². The summed E-state index contributed by atoms with van der Waals surface area (Å²) in [6, 6.07) is 13.8. The van der Waals surface area contributed by atoms with Gasteiger partial charge < -0.3 is 10.6 Å². The molecule has 0 aromatic heterocycles. The number of carbonyl (C=O) groups excluding carboxylic acids is 1. The van der Waals surface area contributed by atoms with Crippen LogP contribution in [-0.4, -0.2) is 12.5 Å². The Labute approximate surface area is 143 Å². The zero-order valence-electron chi connectivity index (χ0n) is 13.4. The average Bonchev–Trinajstić information content (AvgIpc) is 2.55. The summed E-state index contributed by atoms with van der Waals surface area (Å²) >= 11 is 0. The molecule has 23 heavy (non-hydrogen) atoms. The largest absolute Gasteiger partial charge is 0.398 e. The number of hydrogen-bond acceptors (Lipinski definition) is 2. The molecule has 0 spiro atoms. The quantitative estimate of drug-likeness (QED) is 0.856. The van der Waals surface area contributed by atoms with Gasteiger partial charge in [0, 0.05) is 23.5 Å². The Morgan fingerprint density at radius 3 is 2.61 bits per heavy atom. The molecule has 1 aliphatic rings. The molecule has 3 nitrogen and oxygen atoms in total. The molecule has 1 aliphatic heterocycles. The van der Waals surface area contributed by atoms with Crippen LogP contribution in [-0.2, 0) is 12.8 Å². The van der Waals surface area contributed by atoms with Crippen LogP contribution < -0.4 is 10.6 Å². The van der Waals surface area contributed by atoms with E-state index in [9.17, 15) is 4.79 Å². The highest BCUT2D eigenvalue weighted by Gasteiger charge is 2.24. The van der Waals surface area contributed by atoms with Gasteiger partial charge in [-0.15, -0.1) is 12.4 Å². The Morgan fingerprint density at radius 1 is 1.17 bits per heavy atom. The number of aryl methyl sites for hydroxylation is 1. The van der Waals surface area contributed by atoms with Crippen LogP contribution >= 0.6 is 12.4 Å². The van der Waals surface area contributed by atoms with E-state index in [0.29, 0.717) is 0 Å². The number of anilines is 2. The summed E-state index contributed by atoms with van der Waals surface area (Å²) in [6.45, 7) is 2.92. The Kier molecular flexibility index (Phi) is 5.67. The van der Waals surface area contributed by atoms with Crippen molar-refractivity contribution >= 4 is 29.7 Å². The van der Waals surface area contributed by atoms with Crippen molar-refractivity contribution in [2.75, 3.05) is 17.2 Å². The summed E-state index contributed by atoms with van der Waals surface area (Å²) in [4.78, 5) is 14.7. The Bertz CT molecular complexity index is 682. The minimum atomic E-state index is 0. The summed E-state index contributed by atoms with van der Waals surface area (Å²) in [5, 5.41) is 0. The number of halogens is 1. The lowest BCUT2D eigenvalue weighted by molar-refractivity contribution is 0.0985. The molecular weight excluding hydrogens is 308 g/mol. The van der Waals surface area contributed by atoms with Crippen LogP contribution in [0.3, 0.4) is 0 Å². The first-order valence-electron chi connectivity index (χ1n) is 7.99. The van der Waals surface area contributed by atoms with Gasteiger partial charge in [-0.05, 0) is 54.7 Å². The minimum absolute atomic E-state index is 0. The van der Waals surface area contributed by atoms with E-state index in [1.807, 2.05) is 35.2 Å². The van der Waals surface area contributed by atoms with Gasteiger partial charge in [0.15, 0.2) is 0 Å². The summed E-state index contributed by atoms with van der Waals surface area (Å²) in [6.07, 6.45) is 4.08. The summed E-state index contributed by atoms with van der Waals surface area (Å²) in [5.41, 5.74) is 10.9. The zero-order valence-corrected chi connectivity index (χ0v) is 14.2. The molecule has 2 N–H and O–H groups in total. The first-order valence-corrected chi connectivity index (χ1v) is 7.99. The van der Waals surface area contributed by atoms with Gasteiger partial charge in [0.05, 0.1) is 0 Å². The average molecular weight is 331 g/mol. The first kappa shape index (κ1) is 17.4. The van der Waals surface area contributed by atoms with Crippen LogP contribution in [0.5, 0.6) is 0 Å². The molecular formula is C19H23ClN2O. The van der Waals surface area contributed by atoms with Crippen molar-refractivity contribution in [3.63, 3.8) is 0 Å². The first-order chi connectivity index (χ1) is 10.7. The highest BCUT2D eigenvalue weighted by atomic mass is 35.5. The number of nitrogens with two attached hydrogens (primary N) is 1. The molecule has 1 heterocycles. The van der Waals surface area contributed by atoms with E-state index < -0.39 is 0 Å². The van der Waals surface area contributed by atoms with Crippen LogP contribution in [0.15, 0.2) is 42.5 Å². The number of nitrogens with zero attached hydrogens (tertiary/aromatic N) is 1. The highest BCUT2D eigenvalue weighted by molar-refractivity contribution is 6.07. The Hall–Kier alpha value is -2.00. The van der Waals surface area contributed by atoms with Crippen molar-refractivity contribution in [3.8, 4) is 0 Å². The molecule has 0 unspecified atom stereocenters. The van der Waals surface area contributed by atoms with Gasteiger partial charge in [0.25, 0.3) is 5.91 Å². The standard InChI is InChI=1S/C19H22N2O.ClH/c1-2-5-14-9-11-15(12-10-14)19(22)21-13-4-6-16-17(20)7-3-8-18(16)21;/h3,7-12H,2,4-6,13,20H2,1H3;1H. The van der Waals surface area contributed by atoms with E-state index in [1.165, 1.54) is 5.56 Å². The van der Waals surface area contributed by atoms with E-state index in [2.05, 4.69) is 19.1 Å². The van der Waals surface area contributed by atoms with Crippen molar-refractivity contribution in [3.05, 3.63) is 59.2 Å². The molecule has 0 bridgehead atoms. The molecule has 0 atom stereocenters. The topological polar surface area (TPSA) is 46.3 Å². The Morgan fingerprint density at radius 2 is 1.91 bits per heavy atom. The maximum Gasteiger partial charge on any atom is 0.258 e. The maximum atomic E-state index is 12.8. The molecule has 122 valence electrons. The highest BCUT2D eigenvalue weighted by Crippen LogP contribution is 2.32. The van der Waals surface area contributed by atoms with Crippen LogP contribution in [0.1, 0.15) is 41.3 Å². The SMILES string of the molecule is CCCc1ccc(C(=O)N2CCCc3c(N)cccc32)cc1.Cl. The third-order valence-corrected chi connectivity index (χ3v) is 4.27. The van der Waals surface area contributed by atoms with Crippen molar-refractivity contribution in [2.45, 2.75) is 32.6 Å².